The number of carbonyl (C=O) groups excluding carboxylic acids is 1. The zero-order valence-corrected chi connectivity index (χ0v) is 9.40. The Kier molecular flexibility index (Phi) is 4.41. The van der Waals surface area contributed by atoms with Gasteiger partial charge in [-0.05, 0) is 19.1 Å². The number of benzene rings is 1. The average Bonchev–Trinajstić information content (AvgIpc) is 2.29. The maximum absolute atomic E-state index is 11.7. The SMILES string of the molecule is C#CCC(C)OC(=O)c1ccccc1OC. The van der Waals surface area contributed by atoms with Crippen molar-refractivity contribution in [1.82, 2.24) is 0 Å². The fourth-order valence-corrected chi connectivity index (χ4v) is 1.27. The molecule has 0 saturated heterocycles. The van der Waals surface area contributed by atoms with Crippen molar-refractivity contribution in [3.8, 4) is 18.1 Å². The van der Waals surface area contributed by atoms with Crippen LogP contribution < -0.4 is 4.74 Å². The number of terminal acetylenes is 1. The summed E-state index contributed by atoms with van der Waals surface area (Å²) in [5.74, 6) is 2.53. The Balaban J connectivity index is 2.77. The molecule has 1 unspecified atom stereocenters. The van der Waals surface area contributed by atoms with Crippen LogP contribution in [0.5, 0.6) is 5.75 Å². The number of hydrogen-bond donors (Lipinski definition) is 0. The lowest BCUT2D eigenvalue weighted by molar-refractivity contribution is 0.0348. The first kappa shape index (κ1) is 12.1. The molecule has 0 aliphatic carbocycles. The zero-order valence-electron chi connectivity index (χ0n) is 9.40. The first-order valence-corrected chi connectivity index (χ1v) is 4.96. The highest BCUT2D eigenvalue weighted by Gasteiger charge is 2.15. The molecule has 0 saturated carbocycles. The van der Waals surface area contributed by atoms with E-state index >= 15 is 0 Å². The smallest absolute Gasteiger partial charge is 0.342 e. The van der Waals surface area contributed by atoms with Gasteiger partial charge in [0.1, 0.15) is 17.4 Å². The molecule has 1 aromatic carbocycles. The van der Waals surface area contributed by atoms with Gasteiger partial charge >= 0.3 is 5.97 Å². The van der Waals surface area contributed by atoms with Gasteiger partial charge in [0.05, 0.1) is 7.11 Å². The van der Waals surface area contributed by atoms with E-state index in [0.717, 1.165) is 0 Å². The van der Waals surface area contributed by atoms with E-state index in [4.69, 9.17) is 15.9 Å². The number of hydrogen-bond acceptors (Lipinski definition) is 3. The Labute approximate surface area is 95.4 Å². The third-order valence-corrected chi connectivity index (χ3v) is 2.04. The van der Waals surface area contributed by atoms with Crippen molar-refractivity contribution in [3.63, 3.8) is 0 Å². The second kappa shape index (κ2) is 5.82. The molecule has 84 valence electrons. The lowest BCUT2D eigenvalue weighted by Gasteiger charge is -2.12. The van der Waals surface area contributed by atoms with Gasteiger partial charge in [-0.1, -0.05) is 12.1 Å². The molecular formula is C13H14O3. The second-order valence-electron chi connectivity index (χ2n) is 3.32. The van der Waals surface area contributed by atoms with Crippen molar-refractivity contribution >= 4 is 5.97 Å². The Morgan fingerprint density at radius 2 is 2.19 bits per heavy atom. The lowest BCUT2D eigenvalue weighted by atomic mass is 10.2. The molecule has 1 atom stereocenters. The zero-order chi connectivity index (χ0) is 12.0. The van der Waals surface area contributed by atoms with E-state index in [2.05, 4.69) is 5.92 Å². The largest absolute Gasteiger partial charge is 0.496 e. The Hall–Kier alpha value is -1.95. The summed E-state index contributed by atoms with van der Waals surface area (Å²) in [6.45, 7) is 1.76. The Morgan fingerprint density at radius 1 is 1.50 bits per heavy atom. The van der Waals surface area contributed by atoms with Crippen LogP contribution in [0.15, 0.2) is 24.3 Å². The minimum atomic E-state index is -0.416. The molecule has 0 spiro atoms. The van der Waals surface area contributed by atoms with Gasteiger partial charge in [-0.3, -0.25) is 0 Å². The van der Waals surface area contributed by atoms with Gasteiger partial charge < -0.3 is 9.47 Å². The van der Waals surface area contributed by atoms with Gasteiger partial charge in [0.25, 0.3) is 0 Å². The van der Waals surface area contributed by atoms with Crippen molar-refractivity contribution in [2.24, 2.45) is 0 Å². The van der Waals surface area contributed by atoms with E-state index in [0.29, 0.717) is 17.7 Å². The summed E-state index contributed by atoms with van der Waals surface area (Å²) in [6.07, 6.45) is 5.25. The van der Waals surface area contributed by atoms with E-state index in [9.17, 15) is 4.79 Å². The minimum absolute atomic E-state index is 0.289. The molecule has 16 heavy (non-hydrogen) atoms. The van der Waals surface area contributed by atoms with Crippen molar-refractivity contribution < 1.29 is 14.3 Å². The molecular weight excluding hydrogens is 204 g/mol. The van der Waals surface area contributed by atoms with Crippen LogP contribution in [0.1, 0.15) is 23.7 Å². The van der Waals surface area contributed by atoms with Crippen molar-refractivity contribution in [2.75, 3.05) is 7.11 Å². The van der Waals surface area contributed by atoms with Crippen molar-refractivity contribution in [2.45, 2.75) is 19.4 Å². The average molecular weight is 218 g/mol. The molecule has 0 heterocycles. The number of methoxy groups -OCH3 is 1. The summed E-state index contributed by atoms with van der Waals surface area (Å²) in [7, 11) is 1.51. The number of para-hydroxylation sites is 1. The van der Waals surface area contributed by atoms with E-state index < -0.39 is 5.97 Å². The normalized spacial score (nSPS) is 11.3. The molecule has 0 aromatic heterocycles. The van der Waals surface area contributed by atoms with Gasteiger partial charge in [0, 0.05) is 6.42 Å². The standard InChI is InChI=1S/C13H14O3/c1-4-7-10(2)16-13(14)11-8-5-6-9-12(11)15-3/h1,5-6,8-10H,7H2,2-3H3. The molecule has 0 aliphatic heterocycles. The minimum Gasteiger partial charge on any atom is -0.496 e. The third kappa shape index (κ3) is 3.03. The van der Waals surface area contributed by atoms with Crippen LogP contribution in [0.25, 0.3) is 0 Å². The van der Waals surface area contributed by atoms with Crippen LogP contribution in [0.3, 0.4) is 0 Å². The van der Waals surface area contributed by atoms with Crippen LogP contribution in [0.2, 0.25) is 0 Å². The first-order valence-electron chi connectivity index (χ1n) is 4.96. The maximum Gasteiger partial charge on any atom is 0.342 e. The lowest BCUT2D eigenvalue weighted by Crippen LogP contribution is -2.15. The Morgan fingerprint density at radius 3 is 2.81 bits per heavy atom. The fraction of sp³-hybridized carbons (Fsp3) is 0.308. The van der Waals surface area contributed by atoms with Gasteiger partial charge in [0.15, 0.2) is 0 Å². The summed E-state index contributed by atoms with van der Waals surface area (Å²) >= 11 is 0. The maximum atomic E-state index is 11.7. The highest BCUT2D eigenvalue weighted by atomic mass is 16.5. The molecule has 0 amide bonds. The van der Waals surface area contributed by atoms with E-state index in [1.807, 2.05) is 0 Å². The summed E-state index contributed by atoms with van der Waals surface area (Å²) in [6, 6.07) is 6.91. The molecule has 0 radical (unpaired) electrons. The Bertz CT molecular complexity index is 404. The molecule has 0 N–H and O–H groups in total. The highest BCUT2D eigenvalue weighted by Crippen LogP contribution is 2.18. The van der Waals surface area contributed by atoms with Crippen LogP contribution in [-0.4, -0.2) is 19.2 Å². The predicted octanol–water partition coefficient (Wildman–Crippen LogP) is 2.26. The first-order chi connectivity index (χ1) is 7.69. The molecule has 3 nitrogen and oxygen atoms in total. The van der Waals surface area contributed by atoms with Gasteiger partial charge in [0.2, 0.25) is 0 Å². The molecule has 1 aromatic rings. The van der Waals surface area contributed by atoms with Crippen LogP contribution >= 0.6 is 0 Å². The van der Waals surface area contributed by atoms with Gasteiger partial charge in [-0.25, -0.2) is 4.79 Å². The topological polar surface area (TPSA) is 35.5 Å². The van der Waals surface area contributed by atoms with Crippen molar-refractivity contribution in [1.29, 1.82) is 0 Å². The number of ether oxygens (including phenoxy) is 2. The number of carbonyl (C=O) groups is 1. The number of esters is 1. The van der Waals surface area contributed by atoms with E-state index in [1.54, 1.807) is 31.2 Å². The molecule has 0 bridgehead atoms. The van der Waals surface area contributed by atoms with E-state index in [1.165, 1.54) is 7.11 Å². The monoisotopic (exact) mass is 218 g/mol. The van der Waals surface area contributed by atoms with E-state index in [-0.39, 0.29) is 6.10 Å². The predicted molar refractivity (Wildman–Crippen MR) is 61.3 cm³/mol. The van der Waals surface area contributed by atoms with Gasteiger partial charge in [-0.15, -0.1) is 12.3 Å². The third-order valence-electron chi connectivity index (χ3n) is 2.04. The van der Waals surface area contributed by atoms with Crippen molar-refractivity contribution in [3.05, 3.63) is 29.8 Å². The molecule has 0 fully saturated rings. The summed E-state index contributed by atoms with van der Waals surface area (Å²) in [5, 5.41) is 0. The molecule has 3 heteroatoms. The highest BCUT2D eigenvalue weighted by molar-refractivity contribution is 5.92. The molecule has 0 aliphatic rings. The quantitative estimate of drug-likeness (QED) is 0.574. The molecule has 1 rings (SSSR count). The fourth-order valence-electron chi connectivity index (χ4n) is 1.27. The second-order valence-corrected chi connectivity index (χ2v) is 3.32. The van der Waals surface area contributed by atoms with Crippen LogP contribution in [0, 0.1) is 12.3 Å². The van der Waals surface area contributed by atoms with Crippen LogP contribution in [-0.2, 0) is 4.74 Å². The van der Waals surface area contributed by atoms with Crippen LogP contribution in [0.4, 0.5) is 0 Å². The van der Waals surface area contributed by atoms with Gasteiger partial charge in [-0.2, -0.15) is 0 Å². The summed E-state index contributed by atoms with van der Waals surface area (Å²) < 4.78 is 10.2. The number of rotatable bonds is 4. The summed E-state index contributed by atoms with van der Waals surface area (Å²) in [4.78, 5) is 11.7. The summed E-state index contributed by atoms with van der Waals surface area (Å²) in [5.41, 5.74) is 0.411.